The van der Waals surface area contributed by atoms with Crippen LogP contribution in [0, 0.1) is 0 Å². The third-order valence-corrected chi connectivity index (χ3v) is 4.75. The first-order valence-electron chi connectivity index (χ1n) is 9.23. The van der Waals surface area contributed by atoms with E-state index in [9.17, 15) is 22.8 Å². The summed E-state index contributed by atoms with van der Waals surface area (Å²) in [5.41, 5.74) is -0.438. The molecule has 0 atom stereocenters. The number of rotatable bonds is 5. The van der Waals surface area contributed by atoms with Gasteiger partial charge in [0.25, 0.3) is 5.91 Å². The minimum Gasteiger partial charge on any atom is -0.495 e. The number of methoxy groups -OCH3 is 1. The van der Waals surface area contributed by atoms with E-state index in [4.69, 9.17) is 4.74 Å². The summed E-state index contributed by atoms with van der Waals surface area (Å²) in [4.78, 5) is 28.9. The largest absolute Gasteiger partial charge is 0.495 e. The van der Waals surface area contributed by atoms with Crippen LogP contribution in [0.25, 0.3) is 0 Å². The molecule has 8 nitrogen and oxygen atoms in total. The first-order valence-corrected chi connectivity index (χ1v) is 9.23. The summed E-state index contributed by atoms with van der Waals surface area (Å²) in [6.45, 7) is 2.33. The number of hydrogen-bond donors (Lipinski definition) is 1. The number of hydrogen-bond acceptors (Lipinski definition) is 5. The number of carbonyl (C=O) groups is 2. The van der Waals surface area contributed by atoms with Gasteiger partial charge >= 0.3 is 6.18 Å². The molecule has 1 saturated heterocycles. The number of benzene rings is 1. The van der Waals surface area contributed by atoms with Crippen LogP contribution in [0.4, 0.5) is 18.9 Å². The lowest BCUT2D eigenvalue weighted by Crippen LogP contribution is -2.47. The molecule has 0 aliphatic carbocycles. The quantitative estimate of drug-likeness (QED) is 0.792. The zero-order valence-electron chi connectivity index (χ0n) is 16.6. The van der Waals surface area contributed by atoms with E-state index in [1.807, 2.05) is 7.05 Å². The summed E-state index contributed by atoms with van der Waals surface area (Å²) in [6.07, 6.45) is -3.50. The lowest BCUT2D eigenvalue weighted by atomic mass is 10.1. The zero-order chi connectivity index (χ0) is 21.9. The van der Waals surface area contributed by atoms with Crippen molar-refractivity contribution in [2.75, 3.05) is 45.7 Å². The first-order chi connectivity index (χ1) is 14.2. The zero-order valence-corrected chi connectivity index (χ0v) is 16.6. The van der Waals surface area contributed by atoms with Crippen molar-refractivity contribution in [1.29, 1.82) is 0 Å². The van der Waals surface area contributed by atoms with Gasteiger partial charge in [-0.15, -0.1) is 0 Å². The molecule has 11 heteroatoms. The Labute approximate surface area is 171 Å². The lowest BCUT2D eigenvalue weighted by Gasteiger charge is -2.32. The molecule has 1 aromatic carbocycles. The SMILES string of the molecule is COc1ccc(C(=O)N2CCN(C)CC2)cc1NC(=O)Cn1ccc(C(F)(F)F)n1. The highest BCUT2D eigenvalue weighted by Gasteiger charge is 2.33. The number of aromatic nitrogens is 2. The van der Waals surface area contributed by atoms with Crippen LogP contribution in [-0.2, 0) is 17.5 Å². The molecular formula is C19H22F3N5O3. The minimum atomic E-state index is -4.58. The van der Waals surface area contributed by atoms with Gasteiger partial charge in [-0.1, -0.05) is 0 Å². The number of ether oxygens (including phenoxy) is 1. The normalized spacial score (nSPS) is 15.2. The van der Waals surface area contributed by atoms with E-state index in [0.717, 1.165) is 30.0 Å². The van der Waals surface area contributed by atoms with Crippen LogP contribution < -0.4 is 10.1 Å². The number of carbonyl (C=O) groups excluding carboxylic acids is 2. The molecule has 2 amide bonds. The molecule has 0 unspecified atom stereocenters. The molecule has 0 spiro atoms. The van der Waals surface area contributed by atoms with E-state index in [0.29, 0.717) is 24.4 Å². The molecule has 1 fully saturated rings. The van der Waals surface area contributed by atoms with Crippen LogP contribution in [0.1, 0.15) is 16.1 Å². The summed E-state index contributed by atoms with van der Waals surface area (Å²) >= 11 is 0. The van der Waals surface area contributed by atoms with Gasteiger partial charge in [-0.05, 0) is 31.3 Å². The van der Waals surface area contributed by atoms with Crippen LogP contribution in [-0.4, -0.2) is 71.7 Å². The van der Waals surface area contributed by atoms with Gasteiger partial charge in [0.2, 0.25) is 5.91 Å². The second kappa shape index (κ2) is 8.74. The summed E-state index contributed by atoms with van der Waals surface area (Å²) < 4.78 is 44.1. The number of nitrogens with zero attached hydrogens (tertiary/aromatic N) is 4. The fraction of sp³-hybridized carbons (Fsp3) is 0.421. The van der Waals surface area contributed by atoms with E-state index in [-0.39, 0.29) is 11.6 Å². The van der Waals surface area contributed by atoms with Crippen LogP contribution >= 0.6 is 0 Å². The van der Waals surface area contributed by atoms with Gasteiger partial charge in [0, 0.05) is 37.9 Å². The maximum atomic E-state index is 12.8. The Kier molecular flexibility index (Phi) is 6.30. The van der Waals surface area contributed by atoms with Gasteiger partial charge in [0.15, 0.2) is 5.69 Å². The number of piperazine rings is 1. The topological polar surface area (TPSA) is 79.7 Å². The van der Waals surface area contributed by atoms with Crippen molar-refractivity contribution in [1.82, 2.24) is 19.6 Å². The lowest BCUT2D eigenvalue weighted by molar-refractivity contribution is -0.141. The Bertz CT molecular complexity index is 920. The molecule has 1 aliphatic heterocycles. The highest BCUT2D eigenvalue weighted by molar-refractivity contribution is 5.98. The Morgan fingerprint density at radius 2 is 1.87 bits per heavy atom. The number of amides is 2. The Balaban J connectivity index is 1.71. The third kappa shape index (κ3) is 5.09. The average Bonchev–Trinajstić information content (AvgIpc) is 3.17. The van der Waals surface area contributed by atoms with Gasteiger partial charge in [0.1, 0.15) is 12.3 Å². The second-order valence-corrected chi connectivity index (χ2v) is 6.96. The number of alkyl halides is 3. The van der Waals surface area contributed by atoms with Gasteiger partial charge in [-0.2, -0.15) is 18.3 Å². The van der Waals surface area contributed by atoms with Crippen LogP contribution in [0.15, 0.2) is 30.5 Å². The summed E-state index contributed by atoms with van der Waals surface area (Å²) in [5.74, 6) is -0.438. The van der Waals surface area contributed by atoms with E-state index < -0.39 is 24.3 Å². The van der Waals surface area contributed by atoms with Crippen molar-refractivity contribution in [3.05, 3.63) is 41.7 Å². The van der Waals surface area contributed by atoms with Crippen molar-refractivity contribution in [3.8, 4) is 5.75 Å². The second-order valence-electron chi connectivity index (χ2n) is 6.96. The number of anilines is 1. The third-order valence-electron chi connectivity index (χ3n) is 4.75. The minimum absolute atomic E-state index is 0.164. The fourth-order valence-electron chi connectivity index (χ4n) is 3.07. The van der Waals surface area contributed by atoms with Gasteiger partial charge in [-0.3, -0.25) is 14.3 Å². The van der Waals surface area contributed by atoms with Crippen LogP contribution in [0.5, 0.6) is 5.75 Å². The monoisotopic (exact) mass is 425 g/mol. The Morgan fingerprint density at radius 3 is 2.47 bits per heavy atom. The molecule has 1 aromatic heterocycles. The molecule has 0 saturated carbocycles. The molecule has 162 valence electrons. The van der Waals surface area contributed by atoms with E-state index in [2.05, 4.69) is 15.3 Å². The molecular weight excluding hydrogens is 403 g/mol. The van der Waals surface area contributed by atoms with E-state index >= 15 is 0 Å². The predicted molar refractivity (Wildman–Crippen MR) is 102 cm³/mol. The number of halogens is 3. The molecule has 2 heterocycles. The predicted octanol–water partition coefficient (Wildman–Crippen LogP) is 1.94. The molecule has 0 bridgehead atoms. The highest BCUT2D eigenvalue weighted by atomic mass is 19.4. The van der Waals surface area contributed by atoms with E-state index in [1.54, 1.807) is 17.0 Å². The molecule has 30 heavy (non-hydrogen) atoms. The van der Waals surface area contributed by atoms with Crippen LogP contribution in [0.3, 0.4) is 0 Å². The highest BCUT2D eigenvalue weighted by Crippen LogP contribution is 2.28. The fourth-order valence-corrected chi connectivity index (χ4v) is 3.07. The summed E-state index contributed by atoms with van der Waals surface area (Å²) in [7, 11) is 3.40. The number of nitrogens with one attached hydrogen (secondary N) is 1. The van der Waals surface area contributed by atoms with Crippen LogP contribution in [0.2, 0.25) is 0 Å². The molecule has 1 N–H and O–H groups in total. The molecule has 1 aliphatic rings. The van der Waals surface area contributed by atoms with E-state index in [1.165, 1.54) is 13.2 Å². The summed E-state index contributed by atoms with van der Waals surface area (Å²) in [5, 5.41) is 5.93. The Hall–Kier alpha value is -3.08. The van der Waals surface area contributed by atoms with Gasteiger partial charge in [-0.25, -0.2) is 0 Å². The maximum Gasteiger partial charge on any atom is 0.435 e. The van der Waals surface area contributed by atoms with Crippen molar-refractivity contribution < 1.29 is 27.5 Å². The standard InChI is InChI=1S/C19H22F3N5O3/c1-25-7-9-26(10-8-25)18(29)13-3-4-15(30-2)14(11-13)23-17(28)12-27-6-5-16(24-27)19(20,21)22/h3-6,11H,7-10,12H2,1-2H3,(H,23,28). The molecule has 0 radical (unpaired) electrons. The average molecular weight is 425 g/mol. The van der Waals surface area contributed by atoms with Crippen molar-refractivity contribution >= 4 is 17.5 Å². The summed E-state index contributed by atoms with van der Waals surface area (Å²) in [6, 6.07) is 5.47. The van der Waals surface area contributed by atoms with Crippen molar-refractivity contribution in [2.45, 2.75) is 12.7 Å². The Morgan fingerprint density at radius 1 is 1.17 bits per heavy atom. The molecule has 2 aromatic rings. The maximum absolute atomic E-state index is 12.8. The van der Waals surface area contributed by atoms with Crippen molar-refractivity contribution in [2.24, 2.45) is 0 Å². The molecule has 3 rings (SSSR count). The van der Waals surface area contributed by atoms with Gasteiger partial charge < -0.3 is 19.9 Å². The van der Waals surface area contributed by atoms with Gasteiger partial charge in [0.05, 0.1) is 12.8 Å². The van der Waals surface area contributed by atoms with Crippen molar-refractivity contribution in [3.63, 3.8) is 0 Å². The first kappa shape index (κ1) is 21.6. The number of likely N-dealkylation sites (N-methyl/N-ethyl adjacent to an activating group) is 1. The smallest absolute Gasteiger partial charge is 0.435 e.